The van der Waals surface area contributed by atoms with Crippen molar-refractivity contribution >= 4 is 23.3 Å². The number of aromatic carboxylic acids is 2. The van der Waals surface area contributed by atoms with Crippen LogP contribution in [0.15, 0.2) is 46.6 Å². The molecule has 0 unspecified atom stereocenters. The number of rotatable bonds is 4. The number of carboxylic acids is 2. The molecule has 0 saturated carbocycles. The van der Waals surface area contributed by atoms with Gasteiger partial charge in [-0.05, 0) is 12.1 Å². The molecule has 2 rings (SSSR count). The molecule has 0 aliphatic carbocycles. The van der Waals surface area contributed by atoms with Crippen molar-refractivity contribution in [1.82, 2.24) is 0 Å². The molecule has 4 N–H and O–H groups in total. The number of phenolic OH excluding ortho intramolecular Hbond substituents is 1. The minimum atomic E-state index is -1.71. The zero-order valence-corrected chi connectivity index (χ0v) is 11.0. The molecule has 0 spiro atoms. The SMILES string of the molecule is O=C(O)c1c(N=Nc2ccccc2)cc(O)c(O)c1C(=O)O. The molecular formula is C14H10N2O6. The molecule has 0 fully saturated rings. The molecule has 0 aliphatic rings. The Labute approximate surface area is 123 Å². The summed E-state index contributed by atoms with van der Waals surface area (Å²) >= 11 is 0. The van der Waals surface area contributed by atoms with Gasteiger partial charge in [-0.3, -0.25) is 0 Å². The van der Waals surface area contributed by atoms with Gasteiger partial charge in [-0.1, -0.05) is 18.2 Å². The number of azo groups is 1. The van der Waals surface area contributed by atoms with E-state index in [1.165, 1.54) is 0 Å². The van der Waals surface area contributed by atoms with Crippen molar-refractivity contribution < 1.29 is 30.0 Å². The van der Waals surface area contributed by atoms with Crippen molar-refractivity contribution in [2.45, 2.75) is 0 Å². The summed E-state index contributed by atoms with van der Waals surface area (Å²) in [5, 5.41) is 44.7. The molecule has 112 valence electrons. The average Bonchev–Trinajstić information content (AvgIpc) is 2.48. The van der Waals surface area contributed by atoms with Crippen molar-refractivity contribution in [2.24, 2.45) is 10.2 Å². The van der Waals surface area contributed by atoms with Crippen LogP contribution in [0, 0.1) is 0 Å². The summed E-state index contributed by atoms with van der Waals surface area (Å²) in [7, 11) is 0. The van der Waals surface area contributed by atoms with Crippen LogP contribution in [0.5, 0.6) is 11.5 Å². The highest BCUT2D eigenvalue weighted by Gasteiger charge is 2.27. The van der Waals surface area contributed by atoms with Crippen molar-refractivity contribution in [3.05, 3.63) is 47.5 Å². The van der Waals surface area contributed by atoms with Gasteiger partial charge in [0.1, 0.15) is 16.8 Å². The van der Waals surface area contributed by atoms with Crippen LogP contribution < -0.4 is 0 Å². The van der Waals surface area contributed by atoms with Gasteiger partial charge in [0, 0.05) is 6.07 Å². The lowest BCUT2D eigenvalue weighted by atomic mass is 10.0. The average molecular weight is 302 g/mol. The topological polar surface area (TPSA) is 140 Å². The lowest BCUT2D eigenvalue weighted by Gasteiger charge is -2.08. The highest BCUT2D eigenvalue weighted by Crippen LogP contribution is 2.38. The Kier molecular flexibility index (Phi) is 4.03. The molecule has 0 aliphatic heterocycles. The third kappa shape index (κ3) is 2.85. The van der Waals surface area contributed by atoms with Gasteiger partial charge in [0.25, 0.3) is 0 Å². The number of phenols is 2. The minimum absolute atomic E-state index is 0.385. The molecule has 8 nitrogen and oxygen atoms in total. The van der Waals surface area contributed by atoms with Crippen LogP contribution in [-0.2, 0) is 0 Å². The number of carbonyl (C=O) groups is 2. The zero-order chi connectivity index (χ0) is 16.3. The Morgan fingerprint density at radius 3 is 2.00 bits per heavy atom. The maximum absolute atomic E-state index is 11.3. The van der Waals surface area contributed by atoms with Crippen LogP contribution in [0.1, 0.15) is 20.7 Å². The monoisotopic (exact) mass is 302 g/mol. The summed E-state index contributed by atoms with van der Waals surface area (Å²) in [6.45, 7) is 0. The highest BCUT2D eigenvalue weighted by molar-refractivity contribution is 6.07. The molecule has 0 saturated heterocycles. The normalized spacial score (nSPS) is 10.7. The van der Waals surface area contributed by atoms with Crippen LogP contribution in [-0.4, -0.2) is 32.4 Å². The van der Waals surface area contributed by atoms with Gasteiger partial charge in [0.15, 0.2) is 11.5 Å². The first-order chi connectivity index (χ1) is 10.4. The van der Waals surface area contributed by atoms with Gasteiger partial charge < -0.3 is 20.4 Å². The molecule has 2 aromatic rings. The number of carboxylic acid groups (broad SMARTS) is 2. The van der Waals surface area contributed by atoms with E-state index < -0.39 is 34.6 Å². The number of hydrogen-bond acceptors (Lipinski definition) is 6. The second-order valence-corrected chi connectivity index (χ2v) is 4.16. The van der Waals surface area contributed by atoms with E-state index in [-0.39, 0.29) is 5.69 Å². The third-order valence-corrected chi connectivity index (χ3v) is 2.72. The smallest absolute Gasteiger partial charge is 0.340 e. The predicted molar refractivity (Wildman–Crippen MR) is 74.3 cm³/mol. The number of hydrogen-bond donors (Lipinski definition) is 4. The lowest BCUT2D eigenvalue weighted by molar-refractivity contribution is 0.0648. The third-order valence-electron chi connectivity index (χ3n) is 2.72. The molecule has 0 bridgehead atoms. The van der Waals surface area contributed by atoms with Gasteiger partial charge in [-0.25, -0.2) is 9.59 Å². The molecule has 2 aromatic carbocycles. The fraction of sp³-hybridized carbons (Fsp3) is 0. The second-order valence-electron chi connectivity index (χ2n) is 4.16. The predicted octanol–water partition coefficient (Wildman–Crippen LogP) is 2.91. The Balaban J connectivity index is 2.63. The Bertz CT molecular complexity index is 771. The van der Waals surface area contributed by atoms with Gasteiger partial charge in [0.05, 0.1) is 5.69 Å². The summed E-state index contributed by atoms with van der Waals surface area (Å²) in [4.78, 5) is 22.4. The standard InChI is InChI=1S/C14H10N2O6/c17-9-6-8(16-15-7-4-2-1-3-5-7)10(13(19)20)11(12(9)18)14(21)22/h1-6,17-18H,(H,19,20)(H,21,22). The Hall–Kier alpha value is -3.42. The van der Waals surface area contributed by atoms with Crippen LogP contribution >= 0.6 is 0 Å². The minimum Gasteiger partial charge on any atom is -0.504 e. The van der Waals surface area contributed by atoms with Crippen molar-refractivity contribution in [3.63, 3.8) is 0 Å². The number of benzene rings is 2. The highest BCUT2D eigenvalue weighted by atomic mass is 16.4. The second kappa shape index (κ2) is 5.92. The maximum Gasteiger partial charge on any atom is 0.340 e. The van der Waals surface area contributed by atoms with Gasteiger partial charge in [0.2, 0.25) is 0 Å². The molecule has 0 heterocycles. The number of aromatic hydroxyl groups is 2. The van der Waals surface area contributed by atoms with Crippen LogP contribution in [0.4, 0.5) is 11.4 Å². The summed E-state index contributed by atoms with van der Waals surface area (Å²) in [5.74, 6) is -5.16. The van der Waals surface area contributed by atoms with E-state index in [1.54, 1.807) is 30.3 Å². The van der Waals surface area contributed by atoms with Gasteiger partial charge in [-0.2, -0.15) is 5.11 Å². The van der Waals surface area contributed by atoms with E-state index in [4.69, 9.17) is 10.2 Å². The van der Waals surface area contributed by atoms with Crippen LogP contribution in [0.2, 0.25) is 0 Å². The summed E-state index contributed by atoms with van der Waals surface area (Å²) in [5.41, 5.74) is -1.69. The quantitative estimate of drug-likeness (QED) is 0.505. The summed E-state index contributed by atoms with van der Waals surface area (Å²) in [6, 6.07) is 9.14. The molecular weight excluding hydrogens is 292 g/mol. The Morgan fingerprint density at radius 2 is 1.45 bits per heavy atom. The first kappa shape index (κ1) is 15.0. The molecule has 0 amide bonds. The van der Waals surface area contributed by atoms with Crippen molar-refractivity contribution in [2.75, 3.05) is 0 Å². The molecule has 0 radical (unpaired) electrons. The van der Waals surface area contributed by atoms with E-state index in [0.29, 0.717) is 5.69 Å². The van der Waals surface area contributed by atoms with Crippen LogP contribution in [0.3, 0.4) is 0 Å². The zero-order valence-electron chi connectivity index (χ0n) is 11.0. The number of nitrogens with zero attached hydrogens (tertiary/aromatic N) is 2. The molecule has 22 heavy (non-hydrogen) atoms. The molecule has 8 heteroatoms. The van der Waals surface area contributed by atoms with Crippen molar-refractivity contribution in [3.8, 4) is 11.5 Å². The summed E-state index contributed by atoms with van der Waals surface area (Å²) < 4.78 is 0. The van der Waals surface area contributed by atoms with Crippen molar-refractivity contribution in [1.29, 1.82) is 0 Å². The Morgan fingerprint density at radius 1 is 0.864 bits per heavy atom. The van der Waals surface area contributed by atoms with E-state index in [1.807, 2.05) is 0 Å². The largest absolute Gasteiger partial charge is 0.504 e. The van der Waals surface area contributed by atoms with E-state index in [0.717, 1.165) is 6.07 Å². The summed E-state index contributed by atoms with van der Waals surface area (Å²) in [6.07, 6.45) is 0. The molecule has 0 atom stereocenters. The molecule has 0 aromatic heterocycles. The van der Waals surface area contributed by atoms with E-state index in [2.05, 4.69) is 10.2 Å². The van der Waals surface area contributed by atoms with Gasteiger partial charge >= 0.3 is 11.9 Å². The van der Waals surface area contributed by atoms with E-state index in [9.17, 15) is 19.8 Å². The first-order valence-electron chi connectivity index (χ1n) is 5.94. The fourth-order valence-electron chi connectivity index (χ4n) is 1.75. The fourth-order valence-corrected chi connectivity index (χ4v) is 1.75. The maximum atomic E-state index is 11.3. The van der Waals surface area contributed by atoms with Gasteiger partial charge in [-0.15, -0.1) is 5.11 Å². The van der Waals surface area contributed by atoms with E-state index >= 15 is 0 Å². The first-order valence-corrected chi connectivity index (χ1v) is 5.94. The van der Waals surface area contributed by atoms with Crippen LogP contribution in [0.25, 0.3) is 0 Å². The lowest BCUT2D eigenvalue weighted by Crippen LogP contribution is -2.08.